The van der Waals surface area contributed by atoms with Crippen LogP contribution in [-0.2, 0) is 6.54 Å². The van der Waals surface area contributed by atoms with Gasteiger partial charge in [-0.2, -0.15) is 0 Å². The van der Waals surface area contributed by atoms with E-state index in [9.17, 15) is 9.59 Å². The number of fused-ring (bicyclic) bond motifs is 1. The molecule has 3 aromatic rings. The first-order valence-corrected chi connectivity index (χ1v) is 9.21. The lowest BCUT2D eigenvalue weighted by Crippen LogP contribution is -2.17. The number of carbonyl (C=O) groups is 2. The van der Waals surface area contributed by atoms with Crippen molar-refractivity contribution in [3.05, 3.63) is 83.4 Å². The SMILES string of the molecule is CCOc1ccc(-c2ccc(NC(=O)c3ccccc3)c3c2CNC3=O)cc1. The molecule has 5 heteroatoms. The lowest BCUT2D eigenvalue weighted by molar-refractivity contribution is 0.0966. The fourth-order valence-corrected chi connectivity index (χ4v) is 3.40. The highest BCUT2D eigenvalue weighted by Crippen LogP contribution is 2.34. The molecule has 5 nitrogen and oxygen atoms in total. The maximum atomic E-state index is 12.5. The van der Waals surface area contributed by atoms with Crippen molar-refractivity contribution in [1.29, 1.82) is 0 Å². The number of hydrogen-bond acceptors (Lipinski definition) is 3. The van der Waals surface area contributed by atoms with Gasteiger partial charge in [-0.05, 0) is 53.9 Å². The van der Waals surface area contributed by atoms with Crippen molar-refractivity contribution in [2.45, 2.75) is 13.5 Å². The average molecular weight is 372 g/mol. The predicted molar refractivity (Wildman–Crippen MR) is 109 cm³/mol. The fraction of sp³-hybridized carbons (Fsp3) is 0.130. The molecular formula is C23H20N2O3. The molecule has 0 saturated carbocycles. The Balaban J connectivity index is 1.69. The van der Waals surface area contributed by atoms with E-state index >= 15 is 0 Å². The number of ether oxygens (including phenoxy) is 1. The van der Waals surface area contributed by atoms with Gasteiger partial charge >= 0.3 is 0 Å². The molecule has 3 aromatic carbocycles. The Morgan fingerprint density at radius 1 is 1.04 bits per heavy atom. The Bertz CT molecular complexity index is 1030. The van der Waals surface area contributed by atoms with Crippen molar-refractivity contribution in [2.24, 2.45) is 0 Å². The molecule has 1 aliphatic rings. The van der Waals surface area contributed by atoms with Crippen molar-refractivity contribution in [3.63, 3.8) is 0 Å². The molecular weight excluding hydrogens is 352 g/mol. The molecule has 0 aromatic heterocycles. The van der Waals surface area contributed by atoms with Crippen LogP contribution in [0.25, 0.3) is 11.1 Å². The van der Waals surface area contributed by atoms with E-state index < -0.39 is 0 Å². The topological polar surface area (TPSA) is 67.4 Å². The highest BCUT2D eigenvalue weighted by atomic mass is 16.5. The summed E-state index contributed by atoms with van der Waals surface area (Å²) in [4.78, 5) is 25.0. The van der Waals surface area contributed by atoms with E-state index in [4.69, 9.17) is 4.74 Å². The van der Waals surface area contributed by atoms with Crippen LogP contribution in [-0.4, -0.2) is 18.4 Å². The molecule has 4 rings (SSSR count). The number of anilines is 1. The van der Waals surface area contributed by atoms with Crippen LogP contribution in [0.3, 0.4) is 0 Å². The highest BCUT2D eigenvalue weighted by Gasteiger charge is 2.26. The van der Waals surface area contributed by atoms with Crippen LogP contribution >= 0.6 is 0 Å². The van der Waals surface area contributed by atoms with E-state index in [2.05, 4.69) is 10.6 Å². The summed E-state index contributed by atoms with van der Waals surface area (Å²) < 4.78 is 5.50. The molecule has 0 spiro atoms. The summed E-state index contributed by atoms with van der Waals surface area (Å²) in [5, 5.41) is 5.74. The summed E-state index contributed by atoms with van der Waals surface area (Å²) in [7, 11) is 0. The minimum atomic E-state index is -0.240. The molecule has 0 aliphatic carbocycles. The second-order valence-corrected chi connectivity index (χ2v) is 6.47. The first-order valence-electron chi connectivity index (χ1n) is 9.21. The molecule has 28 heavy (non-hydrogen) atoms. The molecule has 2 amide bonds. The number of nitrogens with one attached hydrogen (secondary N) is 2. The van der Waals surface area contributed by atoms with Crippen LogP contribution in [0.2, 0.25) is 0 Å². The second kappa shape index (κ2) is 7.56. The van der Waals surface area contributed by atoms with Crippen molar-refractivity contribution >= 4 is 17.5 Å². The van der Waals surface area contributed by atoms with Gasteiger partial charge in [0.1, 0.15) is 5.75 Å². The van der Waals surface area contributed by atoms with Crippen LogP contribution in [0, 0.1) is 0 Å². The predicted octanol–water partition coefficient (Wildman–Crippen LogP) is 4.25. The van der Waals surface area contributed by atoms with Crippen LogP contribution in [0.5, 0.6) is 5.75 Å². The van der Waals surface area contributed by atoms with Gasteiger partial charge in [-0.1, -0.05) is 36.4 Å². The number of hydrogen-bond donors (Lipinski definition) is 2. The normalized spacial score (nSPS) is 12.2. The number of amides is 2. The van der Waals surface area contributed by atoms with Gasteiger partial charge in [-0.15, -0.1) is 0 Å². The Kier molecular flexibility index (Phi) is 4.81. The third kappa shape index (κ3) is 3.34. The van der Waals surface area contributed by atoms with Gasteiger partial charge in [0, 0.05) is 12.1 Å². The minimum Gasteiger partial charge on any atom is -0.494 e. The molecule has 0 unspecified atom stereocenters. The standard InChI is InChI=1S/C23H20N2O3/c1-2-28-17-10-8-15(9-11-17)18-12-13-20(21-19(18)14-24-23(21)27)25-22(26)16-6-4-3-5-7-16/h3-13H,2,14H2,1H3,(H,24,27)(H,25,26). The van der Waals surface area contributed by atoms with E-state index in [0.29, 0.717) is 30.0 Å². The Hall–Kier alpha value is -3.60. The Morgan fingerprint density at radius 3 is 2.50 bits per heavy atom. The summed E-state index contributed by atoms with van der Waals surface area (Å²) in [6.07, 6.45) is 0. The third-order valence-corrected chi connectivity index (χ3v) is 4.73. The maximum absolute atomic E-state index is 12.5. The van der Waals surface area contributed by atoms with E-state index in [0.717, 1.165) is 22.4 Å². The Morgan fingerprint density at radius 2 is 1.79 bits per heavy atom. The summed E-state index contributed by atoms with van der Waals surface area (Å²) in [5.74, 6) is 0.395. The molecule has 1 aliphatic heterocycles. The maximum Gasteiger partial charge on any atom is 0.255 e. The summed E-state index contributed by atoms with van der Waals surface area (Å²) in [6.45, 7) is 3.00. The smallest absolute Gasteiger partial charge is 0.255 e. The highest BCUT2D eigenvalue weighted by molar-refractivity contribution is 6.11. The number of benzene rings is 3. The molecule has 140 valence electrons. The summed E-state index contributed by atoms with van der Waals surface area (Å²) in [6, 6.07) is 20.5. The first kappa shape index (κ1) is 17.8. The van der Waals surface area contributed by atoms with Gasteiger partial charge in [0.25, 0.3) is 11.8 Å². The molecule has 0 fully saturated rings. The fourth-order valence-electron chi connectivity index (χ4n) is 3.40. The quantitative estimate of drug-likeness (QED) is 0.704. The average Bonchev–Trinajstić information content (AvgIpc) is 3.12. The van der Waals surface area contributed by atoms with Crippen molar-refractivity contribution in [1.82, 2.24) is 5.32 Å². The van der Waals surface area contributed by atoms with Crippen molar-refractivity contribution in [2.75, 3.05) is 11.9 Å². The van der Waals surface area contributed by atoms with E-state index in [-0.39, 0.29) is 11.8 Å². The summed E-state index contributed by atoms with van der Waals surface area (Å²) >= 11 is 0. The van der Waals surface area contributed by atoms with Gasteiger partial charge < -0.3 is 15.4 Å². The van der Waals surface area contributed by atoms with E-state index in [1.807, 2.05) is 43.3 Å². The van der Waals surface area contributed by atoms with Gasteiger partial charge in [0.15, 0.2) is 0 Å². The zero-order valence-corrected chi connectivity index (χ0v) is 15.5. The molecule has 0 atom stereocenters. The minimum absolute atomic E-state index is 0.175. The van der Waals surface area contributed by atoms with E-state index in [1.165, 1.54) is 0 Å². The molecule has 0 radical (unpaired) electrons. The lowest BCUT2D eigenvalue weighted by Gasteiger charge is -2.13. The largest absolute Gasteiger partial charge is 0.494 e. The number of rotatable bonds is 5. The monoisotopic (exact) mass is 372 g/mol. The van der Waals surface area contributed by atoms with Gasteiger partial charge in [-0.3, -0.25) is 9.59 Å². The van der Waals surface area contributed by atoms with Gasteiger partial charge in [-0.25, -0.2) is 0 Å². The Labute approximate surface area is 163 Å². The lowest BCUT2D eigenvalue weighted by atomic mass is 9.95. The molecule has 1 heterocycles. The van der Waals surface area contributed by atoms with Crippen LogP contribution < -0.4 is 15.4 Å². The first-order chi connectivity index (χ1) is 13.7. The van der Waals surface area contributed by atoms with Gasteiger partial charge in [0.05, 0.1) is 17.9 Å². The summed E-state index contributed by atoms with van der Waals surface area (Å²) in [5.41, 5.74) is 4.45. The van der Waals surface area contributed by atoms with Crippen LogP contribution in [0.1, 0.15) is 33.2 Å². The van der Waals surface area contributed by atoms with Crippen LogP contribution in [0.4, 0.5) is 5.69 Å². The molecule has 0 saturated heterocycles. The van der Waals surface area contributed by atoms with Crippen molar-refractivity contribution in [3.8, 4) is 16.9 Å². The zero-order chi connectivity index (χ0) is 19.5. The van der Waals surface area contributed by atoms with E-state index in [1.54, 1.807) is 30.3 Å². The molecule has 2 N–H and O–H groups in total. The second-order valence-electron chi connectivity index (χ2n) is 6.47. The van der Waals surface area contributed by atoms with Crippen LogP contribution in [0.15, 0.2) is 66.7 Å². The number of carbonyl (C=O) groups excluding carboxylic acids is 2. The molecule has 0 bridgehead atoms. The third-order valence-electron chi connectivity index (χ3n) is 4.73. The van der Waals surface area contributed by atoms with Gasteiger partial charge in [0.2, 0.25) is 0 Å². The zero-order valence-electron chi connectivity index (χ0n) is 15.5. The van der Waals surface area contributed by atoms with Crippen molar-refractivity contribution < 1.29 is 14.3 Å².